The number of rotatable bonds is 4. The maximum Gasteiger partial charge on any atom is 0.0757 e. The lowest BCUT2D eigenvalue weighted by Gasteiger charge is -2.07. The second-order valence-corrected chi connectivity index (χ2v) is 2.66. The minimum atomic E-state index is -0.561. The van der Waals surface area contributed by atoms with Crippen LogP contribution in [-0.4, -0.2) is 32.7 Å². The van der Waals surface area contributed by atoms with Gasteiger partial charge in [-0.15, -0.1) is 0 Å². The van der Waals surface area contributed by atoms with E-state index in [0.717, 1.165) is 0 Å². The zero-order valence-electron chi connectivity index (χ0n) is 6.72. The Morgan fingerprint density at radius 2 is 2.42 bits per heavy atom. The summed E-state index contributed by atoms with van der Waals surface area (Å²) >= 11 is 0. The van der Waals surface area contributed by atoms with Crippen LogP contribution >= 0.6 is 0 Å². The van der Waals surface area contributed by atoms with Gasteiger partial charge in [-0.3, -0.25) is 4.68 Å². The summed E-state index contributed by atoms with van der Waals surface area (Å²) < 4.78 is 1.55. The monoisotopic (exact) mass is 171 g/mol. The van der Waals surface area contributed by atoms with Gasteiger partial charge in [0.05, 0.1) is 24.5 Å². The largest absolute Gasteiger partial charge is 0.396 e. The summed E-state index contributed by atoms with van der Waals surface area (Å²) in [6, 6.07) is 0. The third kappa shape index (κ3) is 2.52. The molecule has 1 heterocycles. The van der Waals surface area contributed by atoms with E-state index in [4.69, 9.17) is 10.8 Å². The van der Waals surface area contributed by atoms with E-state index in [-0.39, 0.29) is 6.61 Å². The van der Waals surface area contributed by atoms with Crippen molar-refractivity contribution in [3.63, 3.8) is 0 Å². The van der Waals surface area contributed by atoms with Crippen LogP contribution in [0.3, 0.4) is 0 Å². The summed E-state index contributed by atoms with van der Waals surface area (Å²) in [7, 11) is 0. The molecule has 0 aromatic carbocycles. The van der Waals surface area contributed by atoms with Crippen molar-refractivity contribution in [3.05, 3.63) is 12.4 Å². The fraction of sp³-hybridized carbons (Fsp3) is 0.571. The van der Waals surface area contributed by atoms with Crippen LogP contribution < -0.4 is 5.73 Å². The number of nitrogens with zero attached hydrogens (tertiary/aromatic N) is 2. The quantitative estimate of drug-likeness (QED) is 0.554. The van der Waals surface area contributed by atoms with Gasteiger partial charge in [0.25, 0.3) is 0 Å². The number of aromatic nitrogens is 2. The first-order valence-electron chi connectivity index (χ1n) is 3.79. The molecule has 68 valence electrons. The van der Waals surface area contributed by atoms with E-state index in [1.54, 1.807) is 10.9 Å². The highest BCUT2D eigenvalue weighted by molar-refractivity contribution is 5.30. The molecule has 1 aromatic heterocycles. The Bertz CT molecular complexity index is 236. The van der Waals surface area contributed by atoms with Gasteiger partial charge in [0.1, 0.15) is 0 Å². The average molecular weight is 171 g/mol. The number of nitrogen functional groups attached to an aromatic ring is 1. The minimum Gasteiger partial charge on any atom is -0.396 e. The Morgan fingerprint density at radius 3 is 2.92 bits per heavy atom. The molecule has 0 saturated carbocycles. The third-order valence-electron chi connectivity index (χ3n) is 1.51. The van der Waals surface area contributed by atoms with Gasteiger partial charge in [0.2, 0.25) is 0 Å². The van der Waals surface area contributed by atoms with Crippen LogP contribution in [0.1, 0.15) is 6.42 Å². The second kappa shape index (κ2) is 4.08. The molecule has 1 atom stereocenters. The molecule has 0 radical (unpaired) electrons. The van der Waals surface area contributed by atoms with Crippen molar-refractivity contribution in [2.75, 3.05) is 12.3 Å². The zero-order valence-corrected chi connectivity index (χ0v) is 6.72. The first-order chi connectivity index (χ1) is 5.72. The molecule has 0 spiro atoms. The van der Waals surface area contributed by atoms with Crippen LogP contribution in [0.5, 0.6) is 0 Å². The van der Waals surface area contributed by atoms with Gasteiger partial charge in [-0.2, -0.15) is 5.10 Å². The molecule has 1 aromatic rings. The van der Waals surface area contributed by atoms with Crippen molar-refractivity contribution in [1.82, 2.24) is 9.78 Å². The normalized spacial score (nSPS) is 13.2. The SMILES string of the molecule is Nc1cnn(CC(O)CCO)c1. The highest BCUT2D eigenvalue weighted by Crippen LogP contribution is 2.00. The fourth-order valence-corrected chi connectivity index (χ4v) is 0.936. The molecule has 5 heteroatoms. The van der Waals surface area contributed by atoms with Crippen molar-refractivity contribution in [3.8, 4) is 0 Å². The predicted molar refractivity (Wildman–Crippen MR) is 44.3 cm³/mol. The molecular weight excluding hydrogens is 158 g/mol. The molecule has 0 bridgehead atoms. The molecule has 5 nitrogen and oxygen atoms in total. The van der Waals surface area contributed by atoms with Gasteiger partial charge in [-0.25, -0.2) is 0 Å². The van der Waals surface area contributed by atoms with E-state index in [0.29, 0.717) is 18.7 Å². The van der Waals surface area contributed by atoms with Crippen LogP contribution in [0.25, 0.3) is 0 Å². The zero-order chi connectivity index (χ0) is 8.97. The van der Waals surface area contributed by atoms with Crippen molar-refractivity contribution in [2.45, 2.75) is 19.1 Å². The number of hydrogen-bond acceptors (Lipinski definition) is 4. The third-order valence-corrected chi connectivity index (χ3v) is 1.51. The molecule has 1 rings (SSSR count). The van der Waals surface area contributed by atoms with Crippen molar-refractivity contribution < 1.29 is 10.2 Å². The predicted octanol–water partition coefficient (Wildman–Crippen LogP) is -0.791. The van der Waals surface area contributed by atoms with Crippen LogP contribution in [0.4, 0.5) is 5.69 Å². The molecule has 4 N–H and O–H groups in total. The molecule has 0 amide bonds. The Balaban J connectivity index is 2.41. The lowest BCUT2D eigenvalue weighted by Crippen LogP contribution is -2.17. The molecule has 0 aliphatic rings. The molecular formula is C7H13N3O2. The van der Waals surface area contributed by atoms with E-state index in [1.807, 2.05) is 0 Å². The Hall–Kier alpha value is -1.07. The summed E-state index contributed by atoms with van der Waals surface area (Å²) in [5, 5.41) is 21.6. The first kappa shape index (κ1) is 9.02. The Kier molecular flexibility index (Phi) is 3.07. The molecule has 0 saturated heterocycles. The second-order valence-electron chi connectivity index (χ2n) is 2.66. The van der Waals surface area contributed by atoms with Gasteiger partial charge in [-0.1, -0.05) is 0 Å². The number of aliphatic hydroxyl groups excluding tert-OH is 2. The highest BCUT2D eigenvalue weighted by atomic mass is 16.3. The van der Waals surface area contributed by atoms with Gasteiger partial charge >= 0.3 is 0 Å². The van der Waals surface area contributed by atoms with E-state index in [2.05, 4.69) is 5.10 Å². The first-order valence-corrected chi connectivity index (χ1v) is 3.79. The fourth-order valence-electron chi connectivity index (χ4n) is 0.936. The molecule has 0 aliphatic heterocycles. The molecule has 0 fully saturated rings. The Labute approximate surface area is 70.4 Å². The van der Waals surface area contributed by atoms with Crippen LogP contribution in [0.2, 0.25) is 0 Å². The van der Waals surface area contributed by atoms with E-state index in [1.165, 1.54) is 6.20 Å². The highest BCUT2D eigenvalue weighted by Gasteiger charge is 2.04. The van der Waals surface area contributed by atoms with Crippen molar-refractivity contribution in [2.24, 2.45) is 0 Å². The standard InChI is InChI=1S/C7H13N3O2/c8-6-3-9-10(4-6)5-7(12)1-2-11/h3-4,7,11-12H,1-2,5,8H2. The minimum absolute atomic E-state index is 0.0160. The van der Waals surface area contributed by atoms with E-state index in [9.17, 15) is 5.11 Å². The lowest BCUT2D eigenvalue weighted by atomic mass is 10.3. The molecule has 1 unspecified atom stereocenters. The topological polar surface area (TPSA) is 84.3 Å². The lowest BCUT2D eigenvalue weighted by molar-refractivity contribution is 0.113. The Morgan fingerprint density at radius 1 is 1.67 bits per heavy atom. The number of hydrogen-bond donors (Lipinski definition) is 3. The average Bonchev–Trinajstić information content (AvgIpc) is 2.36. The molecule has 0 aliphatic carbocycles. The number of nitrogens with two attached hydrogens (primary N) is 1. The van der Waals surface area contributed by atoms with Crippen molar-refractivity contribution >= 4 is 5.69 Å². The maximum absolute atomic E-state index is 9.25. The summed E-state index contributed by atoms with van der Waals surface area (Å²) in [6.45, 7) is 0.357. The maximum atomic E-state index is 9.25. The van der Waals surface area contributed by atoms with Crippen LogP contribution in [-0.2, 0) is 6.54 Å². The van der Waals surface area contributed by atoms with Gasteiger partial charge in [0.15, 0.2) is 0 Å². The summed E-state index contributed by atoms with van der Waals surface area (Å²) in [4.78, 5) is 0. The molecule has 12 heavy (non-hydrogen) atoms. The van der Waals surface area contributed by atoms with Crippen LogP contribution in [0.15, 0.2) is 12.4 Å². The summed E-state index contributed by atoms with van der Waals surface area (Å²) in [6.07, 6.45) is 2.96. The van der Waals surface area contributed by atoms with Gasteiger partial charge in [0, 0.05) is 12.8 Å². The summed E-state index contributed by atoms with van der Waals surface area (Å²) in [5.74, 6) is 0. The summed E-state index contributed by atoms with van der Waals surface area (Å²) in [5.41, 5.74) is 5.99. The van der Waals surface area contributed by atoms with Crippen LogP contribution in [0, 0.1) is 0 Å². The van der Waals surface area contributed by atoms with Gasteiger partial charge in [-0.05, 0) is 6.42 Å². The number of anilines is 1. The van der Waals surface area contributed by atoms with E-state index < -0.39 is 6.10 Å². The number of aliphatic hydroxyl groups is 2. The van der Waals surface area contributed by atoms with Crippen molar-refractivity contribution in [1.29, 1.82) is 0 Å². The van der Waals surface area contributed by atoms with Gasteiger partial charge < -0.3 is 15.9 Å². The van der Waals surface area contributed by atoms with E-state index >= 15 is 0 Å². The smallest absolute Gasteiger partial charge is 0.0757 e.